The quantitative estimate of drug-likeness (QED) is 0.657. The molecule has 1 aromatic heterocycles. The predicted octanol–water partition coefficient (Wildman–Crippen LogP) is 3.84. The van der Waals surface area contributed by atoms with Gasteiger partial charge in [-0.3, -0.25) is 19.5 Å². The standard InChI is InChI=1S/C24H21F2N5O2/c1-13-3-4-14(23(33)28-16-6-7-16)9-19(13)29-20-11-22(32)30(2)24-17(20)12-27-31(24)21-8-5-15(25)10-18(21)26/h3-5,8-10,12,16H,6-7,11H2,1-2H3,(H,28,33). The van der Waals surface area contributed by atoms with Gasteiger partial charge in [-0.2, -0.15) is 5.10 Å². The first kappa shape index (κ1) is 21.0. The van der Waals surface area contributed by atoms with Gasteiger partial charge in [-0.25, -0.2) is 13.5 Å². The molecule has 1 aliphatic carbocycles. The molecule has 2 amide bonds. The molecule has 168 valence electrons. The average Bonchev–Trinajstić information content (AvgIpc) is 3.48. The maximum Gasteiger partial charge on any atom is 0.251 e. The first-order chi connectivity index (χ1) is 15.8. The number of carbonyl (C=O) groups excluding carboxylic acids is 2. The monoisotopic (exact) mass is 449 g/mol. The van der Waals surface area contributed by atoms with E-state index in [4.69, 9.17) is 4.99 Å². The second-order valence-corrected chi connectivity index (χ2v) is 8.33. The molecule has 5 rings (SSSR count). The van der Waals surface area contributed by atoms with Crippen LogP contribution in [0.2, 0.25) is 0 Å². The van der Waals surface area contributed by atoms with Gasteiger partial charge in [-0.1, -0.05) is 6.07 Å². The van der Waals surface area contributed by atoms with Crippen LogP contribution in [-0.2, 0) is 4.79 Å². The van der Waals surface area contributed by atoms with Gasteiger partial charge < -0.3 is 5.32 Å². The minimum absolute atomic E-state index is 0.0217. The van der Waals surface area contributed by atoms with Gasteiger partial charge in [0.15, 0.2) is 5.82 Å². The van der Waals surface area contributed by atoms with Crippen molar-refractivity contribution < 1.29 is 18.4 Å². The molecule has 1 saturated carbocycles. The SMILES string of the molecule is Cc1ccc(C(=O)NC2CC2)cc1N=C1CC(=O)N(C)c2c1cnn2-c1ccc(F)cc1F. The Hall–Kier alpha value is -3.88. The Morgan fingerprint density at radius 1 is 1.18 bits per heavy atom. The Morgan fingerprint density at radius 2 is 1.97 bits per heavy atom. The van der Waals surface area contributed by atoms with Crippen LogP contribution >= 0.6 is 0 Å². The molecule has 0 saturated heterocycles. The predicted molar refractivity (Wildman–Crippen MR) is 119 cm³/mol. The molecule has 7 nitrogen and oxygen atoms in total. The van der Waals surface area contributed by atoms with Gasteiger partial charge in [-0.05, 0) is 49.6 Å². The highest BCUT2D eigenvalue weighted by atomic mass is 19.1. The summed E-state index contributed by atoms with van der Waals surface area (Å²) in [5.74, 6) is -1.55. The molecule has 2 heterocycles. The second-order valence-electron chi connectivity index (χ2n) is 8.33. The number of aromatic nitrogens is 2. The van der Waals surface area contributed by atoms with Gasteiger partial charge in [-0.15, -0.1) is 0 Å². The molecule has 1 aliphatic heterocycles. The molecule has 0 radical (unpaired) electrons. The number of halogens is 2. The molecule has 0 bridgehead atoms. The molecule has 1 fully saturated rings. The fourth-order valence-corrected chi connectivity index (χ4v) is 3.79. The zero-order chi connectivity index (χ0) is 23.3. The van der Waals surface area contributed by atoms with Crippen LogP contribution in [0.25, 0.3) is 5.69 Å². The molecule has 2 aliphatic rings. The van der Waals surface area contributed by atoms with E-state index in [1.165, 1.54) is 21.8 Å². The number of rotatable bonds is 4. The maximum absolute atomic E-state index is 14.4. The van der Waals surface area contributed by atoms with E-state index < -0.39 is 11.6 Å². The molecule has 1 N–H and O–H groups in total. The van der Waals surface area contributed by atoms with Crippen LogP contribution < -0.4 is 10.2 Å². The van der Waals surface area contributed by atoms with E-state index in [0.717, 1.165) is 30.5 Å². The van der Waals surface area contributed by atoms with E-state index in [1.807, 2.05) is 13.0 Å². The maximum atomic E-state index is 14.4. The number of carbonyl (C=O) groups is 2. The molecule has 0 unspecified atom stereocenters. The van der Waals surface area contributed by atoms with Crippen LogP contribution in [0, 0.1) is 18.6 Å². The van der Waals surface area contributed by atoms with Gasteiger partial charge in [0, 0.05) is 24.7 Å². The molecular formula is C24H21F2N5O2. The number of aliphatic imine (C=N–C) groups is 1. The molecule has 2 aromatic carbocycles. The minimum atomic E-state index is -0.795. The second kappa shape index (κ2) is 7.91. The summed E-state index contributed by atoms with van der Waals surface area (Å²) in [6.45, 7) is 1.87. The van der Waals surface area contributed by atoms with Crippen molar-refractivity contribution in [1.82, 2.24) is 15.1 Å². The lowest BCUT2D eigenvalue weighted by Crippen LogP contribution is -2.35. The van der Waals surface area contributed by atoms with Crippen molar-refractivity contribution in [3.05, 3.63) is 70.9 Å². The Balaban J connectivity index is 1.57. The minimum Gasteiger partial charge on any atom is -0.349 e. The number of fused-ring (bicyclic) bond motifs is 1. The van der Waals surface area contributed by atoms with Crippen molar-refractivity contribution in [3.63, 3.8) is 0 Å². The molecular weight excluding hydrogens is 428 g/mol. The van der Waals surface area contributed by atoms with Crippen molar-refractivity contribution in [2.75, 3.05) is 11.9 Å². The lowest BCUT2D eigenvalue weighted by atomic mass is 10.0. The van der Waals surface area contributed by atoms with Crippen molar-refractivity contribution in [2.24, 2.45) is 4.99 Å². The lowest BCUT2D eigenvalue weighted by Gasteiger charge is -2.25. The van der Waals surface area contributed by atoms with Crippen LogP contribution in [0.3, 0.4) is 0 Å². The number of amides is 2. The van der Waals surface area contributed by atoms with E-state index in [2.05, 4.69) is 10.4 Å². The van der Waals surface area contributed by atoms with E-state index in [1.54, 1.807) is 19.2 Å². The number of hydrogen-bond acceptors (Lipinski definition) is 4. The van der Waals surface area contributed by atoms with Crippen LogP contribution in [0.1, 0.15) is 40.7 Å². The summed E-state index contributed by atoms with van der Waals surface area (Å²) in [5, 5.41) is 7.21. The molecule has 3 aromatic rings. The van der Waals surface area contributed by atoms with Crippen LogP contribution in [0.5, 0.6) is 0 Å². The smallest absolute Gasteiger partial charge is 0.251 e. The van der Waals surface area contributed by atoms with E-state index in [0.29, 0.717) is 28.3 Å². The number of nitrogens with one attached hydrogen (secondary N) is 1. The van der Waals surface area contributed by atoms with E-state index >= 15 is 0 Å². The van der Waals surface area contributed by atoms with Gasteiger partial charge in [0.25, 0.3) is 5.91 Å². The summed E-state index contributed by atoms with van der Waals surface area (Å²) < 4.78 is 29.1. The van der Waals surface area contributed by atoms with Crippen molar-refractivity contribution in [2.45, 2.75) is 32.2 Å². The topological polar surface area (TPSA) is 79.6 Å². The largest absolute Gasteiger partial charge is 0.349 e. The number of aryl methyl sites for hydroxylation is 1. The zero-order valence-corrected chi connectivity index (χ0v) is 18.1. The Morgan fingerprint density at radius 3 is 2.70 bits per heavy atom. The number of benzene rings is 2. The summed E-state index contributed by atoms with van der Waals surface area (Å²) in [6, 6.07) is 8.67. The molecule has 0 atom stereocenters. The third kappa shape index (κ3) is 3.90. The van der Waals surface area contributed by atoms with E-state index in [9.17, 15) is 18.4 Å². The highest BCUT2D eigenvalue weighted by Gasteiger charge is 2.31. The normalized spacial score (nSPS) is 16.8. The zero-order valence-electron chi connectivity index (χ0n) is 18.1. The highest BCUT2D eigenvalue weighted by Crippen LogP contribution is 2.33. The summed E-state index contributed by atoms with van der Waals surface area (Å²) in [4.78, 5) is 31.3. The summed E-state index contributed by atoms with van der Waals surface area (Å²) in [5.41, 5.74) is 2.95. The molecule has 33 heavy (non-hydrogen) atoms. The average molecular weight is 449 g/mol. The van der Waals surface area contributed by atoms with Crippen LogP contribution in [0.15, 0.2) is 47.6 Å². The Labute approximate surface area is 188 Å². The summed E-state index contributed by atoms with van der Waals surface area (Å²) in [7, 11) is 1.58. The number of nitrogens with zero attached hydrogens (tertiary/aromatic N) is 4. The van der Waals surface area contributed by atoms with Gasteiger partial charge in [0.1, 0.15) is 17.3 Å². The van der Waals surface area contributed by atoms with Crippen LogP contribution in [-0.4, -0.2) is 40.4 Å². The highest BCUT2D eigenvalue weighted by molar-refractivity contribution is 6.21. The number of anilines is 1. The Kier molecular flexibility index (Phi) is 5.03. The first-order valence-corrected chi connectivity index (χ1v) is 10.6. The van der Waals surface area contributed by atoms with Gasteiger partial charge in [0.05, 0.1) is 29.6 Å². The fourth-order valence-electron chi connectivity index (χ4n) is 3.79. The van der Waals surface area contributed by atoms with Gasteiger partial charge in [0.2, 0.25) is 5.91 Å². The lowest BCUT2D eigenvalue weighted by molar-refractivity contribution is -0.117. The first-order valence-electron chi connectivity index (χ1n) is 10.6. The third-order valence-corrected chi connectivity index (χ3v) is 5.84. The molecule has 9 heteroatoms. The summed E-state index contributed by atoms with van der Waals surface area (Å²) in [6.07, 6.45) is 3.52. The van der Waals surface area contributed by atoms with Gasteiger partial charge >= 0.3 is 0 Å². The Bertz CT molecular complexity index is 1330. The third-order valence-electron chi connectivity index (χ3n) is 5.84. The fraction of sp³-hybridized carbons (Fsp3) is 0.250. The van der Waals surface area contributed by atoms with E-state index in [-0.39, 0.29) is 30.0 Å². The van der Waals surface area contributed by atoms with Crippen molar-refractivity contribution in [3.8, 4) is 5.69 Å². The number of hydrogen-bond donors (Lipinski definition) is 1. The molecule has 0 spiro atoms. The van der Waals surface area contributed by atoms with Crippen molar-refractivity contribution in [1.29, 1.82) is 0 Å². The van der Waals surface area contributed by atoms with Crippen LogP contribution in [0.4, 0.5) is 20.3 Å². The summed E-state index contributed by atoms with van der Waals surface area (Å²) >= 11 is 0. The van der Waals surface area contributed by atoms with Crippen molar-refractivity contribution >= 4 is 29.0 Å².